The van der Waals surface area contributed by atoms with Crippen molar-refractivity contribution >= 4 is 16.9 Å². The number of thioether (sulfide) groups is 1. The summed E-state index contributed by atoms with van der Waals surface area (Å²) in [6.07, 6.45) is 5.36. The standard InChI is InChI=1S/C21H40N4OS/c1-5-26-17-16-25-14-12-24(13-15-25)11-10-22-19-23-20(3,4)21(27-19)8-6-18(2)7-9-21/h18H,5-17H2,1-4H3,(H,22,23). The monoisotopic (exact) mass is 396 g/mol. The van der Waals surface area contributed by atoms with E-state index in [0.717, 1.165) is 64.9 Å². The Morgan fingerprint density at radius 3 is 2.37 bits per heavy atom. The highest BCUT2D eigenvalue weighted by Crippen LogP contribution is 2.52. The number of aliphatic imine (C=N–C) groups is 1. The highest BCUT2D eigenvalue weighted by molar-refractivity contribution is 8.15. The zero-order valence-electron chi connectivity index (χ0n) is 17.9. The minimum Gasteiger partial charge on any atom is -0.380 e. The second kappa shape index (κ2) is 9.47. The lowest BCUT2D eigenvalue weighted by molar-refractivity contribution is 0.0819. The first-order chi connectivity index (χ1) is 12.9. The Kier molecular flexibility index (Phi) is 7.51. The molecule has 0 aromatic rings. The van der Waals surface area contributed by atoms with Crippen LogP contribution in [0.25, 0.3) is 0 Å². The number of nitrogens with zero attached hydrogens (tertiary/aromatic N) is 3. The predicted octanol–water partition coefficient (Wildman–Crippen LogP) is 3.06. The predicted molar refractivity (Wildman–Crippen MR) is 117 cm³/mol. The summed E-state index contributed by atoms with van der Waals surface area (Å²) < 4.78 is 5.82. The lowest BCUT2D eigenvalue weighted by atomic mass is 9.73. The van der Waals surface area contributed by atoms with Gasteiger partial charge in [0.05, 0.1) is 13.2 Å². The van der Waals surface area contributed by atoms with E-state index in [9.17, 15) is 0 Å². The SMILES string of the molecule is CCOCCN1CCN(CCN=C2NC(C)(C)C3(CCC(C)CC3)S2)CC1. The van der Waals surface area contributed by atoms with Crippen LogP contribution in [0.15, 0.2) is 4.99 Å². The summed E-state index contributed by atoms with van der Waals surface area (Å²) in [4.78, 5) is 10.0. The van der Waals surface area contributed by atoms with Crippen LogP contribution in [0.5, 0.6) is 0 Å². The van der Waals surface area contributed by atoms with Gasteiger partial charge in [-0.05, 0) is 52.4 Å². The smallest absolute Gasteiger partial charge is 0.157 e. The molecule has 0 aromatic carbocycles. The van der Waals surface area contributed by atoms with Crippen molar-refractivity contribution in [1.29, 1.82) is 0 Å². The Balaban J connectivity index is 1.41. The van der Waals surface area contributed by atoms with E-state index in [4.69, 9.17) is 9.73 Å². The van der Waals surface area contributed by atoms with Crippen molar-refractivity contribution in [1.82, 2.24) is 15.1 Å². The molecule has 2 aliphatic heterocycles. The molecule has 3 fully saturated rings. The van der Waals surface area contributed by atoms with Gasteiger partial charge in [-0.15, -0.1) is 0 Å². The molecule has 5 nitrogen and oxygen atoms in total. The molecule has 6 heteroatoms. The summed E-state index contributed by atoms with van der Waals surface area (Å²) in [7, 11) is 0. The van der Waals surface area contributed by atoms with E-state index in [2.05, 4.69) is 42.8 Å². The molecule has 2 saturated heterocycles. The Hall–Kier alpha value is -0.300. The summed E-state index contributed by atoms with van der Waals surface area (Å²) in [5.41, 5.74) is 0.156. The summed E-state index contributed by atoms with van der Waals surface area (Å²) in [5.74, 6) is 0.889. The Morgan fingerprint density at radius 1 is 1.11 bits per heavy atom. The lowest BCUT2D eigenvalue weighted by Gasteiger charge is -2.43. The minimum atomic E-state index is 0.156. The molecule has 3 aliphatic rings. The molecular weight excluding hydrogens is 356 g/mol. The third-order valence-corrected chi connectivity index (χ3v) is 8.56. The van der Waals surface area contributed by atoms with Gasteiger partial charge in [0.25, 0.3) is 0 Å². The molecule has 27 heavy (non-hydrogen) atoms. The maximum atomic E-state index is 5.47. The number of hydrogen-bond donors (Lipinski definition) is 1. The van der Waals surface area contributed by atoms with Crippen molar-refractivity contribution in [3.05, 3.63) is 0 Å². The fourth-order valence-corrected chi connectivity index (χ4v) is 6.19. The number of piperazine rings is 1. The van der Waals surface area contributed by atoms with Crippen LogP contribution in [-0.2, 0) is 4.74 Å². The van der Waals surface area contributed by atoms with Crippen molar-refractivity contribution in [2.45, 2.75) is 63.7 Å². The molecule has 1 saturated carbocycles. The van der Waals surface area contributed by atoms with E-state index in [1.54, 1.807) is 0 Å². The van der Waals surface area contributed by atoms with E-state index in [0.29, 0.717) is 4.75 Å². The van der Waals surface area contributed by atoms with Crippen LogP contribution >= 0.6 is 11.8 Å². The van der Waals surface area contributed by atoms with E-state index in [1.807, 2.05) is 11.8 Å². The summed E-state index contributed by atoms with van der Waals surface area (Å²) in [5, 5.41) is 4.94. The Morgan fingerprint density at radius 2 is 1.74 bits per heavy atom. The second-order valence-corrected chi connectivity index (χ2v) is 10.5. The van der Waals surface area contributed by atoms with Crippen molar-refractivity contribution in [3.8, 4) is 0 Å². The first kappa shape index (κ1) is 21.4. The van der Waals surface area contributed by atoms with E-state index >= 15 is 0 Å². The fourth-order valence-electron chi connectivity index (χ4n) is 4.61. The molecule has 1 spiro atoms. The summed E-state index contributed by atoms with van der Waals surface area (Å²) in [6, 6.07) is 0. The molecule has 0 aromatic heterocycles. The van der Waals surface area contributed by atoms with Gasteiger partial charge in [0.15, 0.2) is 5.17 Å². The van der Waals surface area contributed by atoms with Gasteiger partial charge in [-0.2, -0.15) is 0 Å². The Labute approximate surface area is 170 Å². The number of hydrogen-bond acceptors (Lipinski definition) is 5. The van der Waals surface area contributed by atoms with Gasteiger partial charge in [0.1, 0.15) is 0 Å². The minimum absolute atomic E-state index is 0.156. The molecular formula is C21H40N4OS. The van der Waals surface area contributed by atoms with E-state index in [1.165, 1.54) is 30.9 Å². The molecule has 0 radical (unpaired) electrons. The van der Waals surface area contributed by atoms with Crippen LogP contribution in [-0.4, -0.2) is 84.3 Å². The van der Waals surface area contributed by atoms with Gasteiger partial charge in [-0.25, -0.2) is 0 Å². The van der Waals surface area contributed by atoms with Crippen LogP contribution < -0.4 is 5.32 Å². The Bertz CT molecular complexity index is 494. The van der Waals surface area contributed by atoms with Gasteiger partial charge in [-0.3, -0.25) is 14.8 Å². The van der Waals surface area contributed by atoms with Crippen LogP contribution in [0.4, 0.5) is 0 Å². The molecule has 0 atom stereocenters. The zero-order valence-corrected chi connectivity index (χ0v) is 18.7. The summed E-state index contributed by atoms with van der Waals surface area (Å²) in [6.45, 7) is 18.6. The average molecular weight is 397 g/mol. The third-order valence-electron chi connectivity index (χ3n) is 6.82. The van der Waals surface area contributed by atoms with Crippen molar-refractivity contribution in [2.75, 3.05) is 59.0 Å². The van der Waals surface area contributed by atoms with Gasteiger partial charge < -0.3 is 10.1 Å². The van der Waals surface area contributed by atoms with Gasteiger partial charge in [0.2, 0.25) is 0 Å². The first-order valence-electron chi connectivity index (χ1n) is 11.0. The molecule has 0 amide bonds. The van der Waals surface area contributed by atoms with E-state index < -0.39 is 0 Å². The molecule has 156 valence electrons. The lowest BCUT2D eigenvalue weighted by Crippen LogP contribution is -2.52. The number of amidine groups is 1. The topological polar surface area (TPSA) is 40.1 Å². The third kappa shape index (κ3) is 5.40. The second-order valence-electron chi connectivity index (χ2n) is 9.10. The number of nitrogens with one attached hydrogen (secondary N) is 1. The molecule has 2 heterocycles. The quantitative estimate of drug-likeness (QED) is 0.670. The molecule has 3 rings (SSSR count). The fraction of sp³-hybridized carbons (Fsp3) is 0.952. The molecule has 1 aliphatic carbocycles. The van der Waals surface area contributed by atoms with Crippen molar-refractivity contribution < 1.29 is 4.74 Å². The highest BCUT2D eigenvalue weighted by Gasteiger charge is 2.53. The number of rotatable bonds is 7. The van der Waals surface area contributed by atoms with Crippen LogP contribution in [0.3, 0.4) is 0 Å². The number of ether oxygens (including phenoxy) is 1. The van der Waals surface area contributed by atoms with Crippen LogP contribution in [0, 0.1) is 5.92 Å². The van der Waals surface area contributed by atoms with E-state index in [-0.39, 0.29) is 5.54 Å². The maximum Gasteiger partial charge on any atom is 0.157 e. The van der Waals surface area contributed by atoms with Gasteiger partial charge in [0, 0.05) is 56.2 Å². The maximum absolute atomic E-state index is 5.47. The first-order valence-corrected chi connectivity index (χ1v) is 11.8. The van der Waals surface area contributed by atoms with Crippen molar-refractivity contribution in [3.63, 3.8) is 0 Å². The largest absolute Gasteiger partial charge is 0.380 e. The van der Waals surface area contributed by atoms with Crippen molar-refractivity contribution in [2.24, 2.45) is 10.9 Å². The molecule has 0 unspecified atom stereocenters. The molecule has 0 bridgehead atoms. The summed E-state index contributed by atoms with van der Waals surface area (Å²) >= 11 is 2.04. The van der Waals surface area contributed by atoms with Gasteiger partial charge >= 0.3 is 0 Å². The zero-order chi connectivity index (χ0) is 19.3. The average Bonchev–Trinajstić information content (AvgIpc) is 2.89. The van der Waals surface area contributed by atoms with Crippen LogP contribution in [0.2, 0.25) is 0 Å². The van der Waals surface area contributed by atoms with Crippen LogP contribution in [0.1, 0.15) is 53.4 Å². The molecule has 1 N–H and O–H groups in total. The highest BCUT2D eigenvalue weighted by atomic mass is 32.2. The normalized spacial score (nSPS) is 33.6. The van der Waals surface area contributed by atoms with Gasteiger partial charge in [-0.1, -0.05) is 18.7 Å².